The molecule has 32 heavy (non-hydrogen) atoms. The Labute approximate surface area is 191 Å². The molecule has 2 aliphatic rings. The Morgan fingerprint density at radius 1 is 1.28 bits per heavy atom. The quantitative estimate of drug-likeness (QED) is 0.617. The molecule has 0 atom stereocenters. The number of amides is 1. The van der Waals surface area contributed by atoms with Gasteiger partial charge in [0, 0.05) is 29.9 Å². The summed E-state index contributed by atoms with van der Waals surface area (Å²) < 4.78 is 19.6. The van der Waals surface area contributed by atoms with E-state index in [2.05, 4.69) is 15.3 Å². The molecule has 3 N–H and O–H groups in total. The van der Waals surface area contributed by atoms with Crippen LogP contribution in [0.3, 0.4) is 0 Å². The van der Waals surface area contributed by atoms with Gasteiger partial charge in [0.15, 0.2) is 5.82 Å². The van der Waals surface area contributed by atoms with Crippen LogP contribution in [0.4, 0.5) is 4.39 Å². The molecular formula is C23H27ClFN5O2. The molecule has 1 saturated carbocycles. The van der Waals surface area contributed by atoms with Crippen LogP contribution in [0.1, 0.15) is 46.8 Å². The zero-order valence-corrected chi connectivity index (χ0v) is 19.0. The fourth-order valence-electron chi connectivity index (χ4n) is 3.84. The van der Waals surface area contributed by atoms with Crippen molar-refractivity contribution in [3.63, 3.8) is 0 Å². The van der Waals surface area contributed by atoms with Gasteiger partial charge in [0.25, 0.3) is 5.91 Å². The van der Waals surface area contributed by atoms with Crippen LogP contribution >= 0.6 is 11.6 Å². The molecule has 7 nitrogen and oxygen atoms in total. The Morgan fingerprint density at radius 3 is 2.66 bits per heavy atom. The highest BCUT2D eigenvalue weighted by atomic mass is 35.5. The molecule has 0 unspecified atom stereocenters. The predicted octanol–water partition coefficient (Wildman–Crippen LogP) is 3.23. The predicted molar refractivity (Wildman–Crippen MR) is 121 cm³/mol. The lowest BCUT2D eigenvalue weighted by molar-refractivity contribution is 0.0794. The molecule has 0 bridgehead atoms. The Balaban J connectivity index is 1.46. The van der Waals surface area contributed by atoms with Crippen molar-refractivity contribution in [3.8, 4) is 5.75 Å². The van der Waals surface area contributed by atoms with Gasteiger partial charge in [-0.3, -0.25) is 4.79 Å². The van der Waals surface area contributed by atoms with Crippen molar-refractivity contribution in [2.45, 2.75) is 39.2 Å². The molecule has 1 aromatic heterocycles. The lowest BCUT2D eigenvalue weighted by Crippen LogP contribution is -2.37. The maximum atomic E-state index is 13.9. The van der Waals surface area contributed by atoms with E-state index in [-0.39, 0.29) is 24.7 Å². The maximum Gasteiger partial charge on any atom is 0.258 e. The van der Waals surface area contributed by atoms with E-state index in [9.17, 15) is 9.18 Å². The number of hydrogen-bond acceptors (Lipinski definition) is 6. The normalized spacial score (nSPS) is 16.4. The lowest BCUT2D eigenvalue weighted by atomic mass is 9.93. The van der Waals surface area contributed by atoms with E-state index in [0.29, 0.717) is 58.3 Å². The molecular weight excluding hydrogens is 433 g/mol. The van der Waals surface area contributed by atoms with Gasteiger partial charge in [0.1, 0.15) is 18.2 Å². The summed E-state index contributed by atoms with van der Waals surface area (Å²) in [4.78, 5) is 23.7. The fourth-order valence-corrected chi connectivity index (χ4v) is 3.93. The highest BCUT2D eigenvalue weighted by Crippen LogP contribution is 2.28. The van der Waals surface area contributed by atoms with Crippen molar-refractivity contribution in [2.24, 2.45) is 5.73 Å². The van der Waals surface area contributed by atoms with Crippen LogP contribution in [0.5, 0.6) is 5.75 Å². The first kappa shape index (κ1) is 22.5. The third-order valence-corrected chi connectivity index (χ3v) is 6.46. The second-order valence-electron chi connectivity index (χ2n) is 8.27. The van der Waals surface area contributed by atoms with Gasteiger partial charge >= 0.3 is 0 Å². The van der Waals surface area contributed by atoms with E-state index < -0.39 is 5.82 Å². The van der Waals surface area contributed by atoms with Crippen LogP contribution in [-0.4, -0.2) is 53.1 Å². The van der Waals surface area contributed by atoms with Gasteiger partial charge in [-0.25, -0.2) is 14.4 Å². The summed E-state index contributed by atoms with van der Waals surface area (Å²) in [6.45, 7) is 5.09. The first-order chi connectivity index (χ1) is 15.3. The minimum atomic E-state index is -0.455. The second-order valence-corrected chi connectivity index (χ2v) is 8.65. The van der Waals surface area contributed by atoms with Crippen molar-refractivity contribution in [1.82, 2.24) is 20.2 Å². The number of ether oxygens (including phenoxy) is 1. The van der Waals surface area contributed by atoms with E-state index in [0.717, 1.165) is 0 Å². The average Bonchev–Trinajstić information content (AvgIpc) is 3.11. The molecule has 1 fully saturated rings. The second kappa shape index (κ2) is 9.42. The Hall–Kier alpha value is -2.71. The fraction of sp³-hybridized carbons (Fsp3) is 0.435. The number of rotatable bonds is 7. The van der Waals surface area contributed by atoms with E-state index >= 15 is 0 Å². The number of halogens is 2. The van der Waals surface area contributed by atoms with E-state index in [1.165, 1.54) is 37.5 Å². The number of aromatic nitrogens is 2. The summed E-state index contributed by atoms with van der Waals surface area (Å²) in [5.74, 6) is -0.0437. The zero-order chi connectivity index (χ0) is 22.8. The number of nitrogens with one attached hydrogen (secondary N) is 1. The molecule has 0 radical (unpaired) electrons. The Bertz CT molecular complexity index is 1050. The Morgan fingerprint density at radius 2 is 2.00 bits per heavy atom. The van der Waals surface area contributed by atoms with Crippen LogP contribution in [0, 0.1) is 19.7 Å². The molecule has 1 aromatic carbocycles. The summed E-state index contributed by atoms with van der Waals surface area (Å²) in [6, 6.07) is 4.49. The van der Waals surface area contributed by atoms with Crippen molar-refractivity contribution in [2.75, 3.05) is 26.2 Å². The van der Waals surface area contributed by atoms with Crippen LogP contribution in [0.2, 0.25) is 5.02 Å². The van der Waals surface area contributed by atoms with Crippen LogP contribution in [-0.2, 0) is 0 Å². The third kappa shape index (κ3) is 4.71. The van der Waals surface area contributed by atoms with Gasteiger partial charge in [0.05, 0.1) is 35.1 Å². The summed E-state index contributed by atoms with van der Waals surface area (Å²) >= 11 is 6.18. The van der Waals surface area contributed by atoms with Gasteiger partial charge < -0.3 is 20.7 Å². The van der Waals surface area contributed by atoms with E-state index in [1.807, 2.05) is 0 Å². The zero-order valence-electron chi connectivity index (χ0n) is 18.3. The third-order valence-electron chi connectivity index (χ3n) is 5.91. The number of nitrogens with two attached hydrogens (primary N) is 1. The topological polar surface area (TPSA) is 93.4 Å². The molecule has 1 amide bonds. The number of nitrogens with zero attached hydrogens (tertiary/aromatic N) is 3. The largest absolute Gasteiger partial charge is 0.491 e. The van der Waals surface area contributed by atoms with E-state index in [1.54, 1.807) is 18.7 Å². The molecule has 2 aromatic rings. The first-order valence-corrected chi connectivity index (χ1v) is 11.1. The van der Waals surface area contributed by atoms with Gasteiger partial charge in [0.2, 0.25) is 0 Å². The minimum Gasteiger partial charge on any atom is -0.491 e. The lowest BCUT2D eigenvalue weighted by Gasteiger charge is -2.26. The van der Waals surface area contributed by atoms with Crippen LogP contribution < -0.4 is 15.8 Å². The number of benzene rings is 1. The number of carbonyl (C=O) groups is 1. The summed E-state index contributed by atoms with van der Waals surface area (Å²) in [7, 11) is 0. The van der Waals surface area contributed by atoms with Gasteiger partial charge in [-0.2, -0.15) is 0 Å². The van der Waals surface area contributed by atoms with Crippen LogP contribution in [0.15, 0.2) is 23.9 Å². The molecule has 0 saturated heterocycles. The number of hydrogen-bond donors (Lipinski definition) is 2. The molecule has 2 heterocycles. The molecule has 1 aliphatic heterocycles. The first-order valence-electron chi connectivity index (χ1n) is 10.8. The molecule has 9 heteroatoms. The number of carbonyl (C=O) groups excluding carboxylic acids is 1. The monoisotopic (exact) mass is 459 g/mol. The highest BCUT2D eigenvalue weighted by molar-refractivity contribution is 6.31. The molecule has 4 rings (SSSR count). The average molecular weight is 460 g/mol. The van der Waals surface area contributed by atoms with Crippen molar-refractivity contribution in [3.05, 3.63) is 57.5 Å². The SMILES string of the molecule is Cc1nc(C2=C(N)CN(C(=O)c3ccc(F)cc3OCCNC3CCC3)C2)nc(C)c1Cl. The summed E-state index contributed by atoms with van der Waals surface area (Å²) in [5.41, 5.74) is 9.06. The van der Waals surface area contributed by atoms with E-state index in [4.69, 9.17) is 22.1 Å². The maximum absolute atomic E-state index is 13.9. The van der Waals surface area contributed by atoms with Crippen LogP contribution in [0.25, 0.3) is 5.57 Å². The standard InChI is InChI=1S/C23H27ClFN5O2/c1-13-21(24)14(2)29-22(28-13)18-11-30(12-19(18)26)23(31)17-7-6-15(25)10-20(17)32-9-8-27-16-4-3-5-16/h6-7,10,16,27H,3-5,8-9,11-12,26H2,1-2H3. The van der Waals surface area contributed by atoms with Gasteiger partial charge in [-0.05, 0) is 38.8 Å². The minimum absolute atomic E-state index is 0.229. The van der Waals surface area contributed by atoms with Crippen molar-refractivity contribution in [1.29, 1.82) is 0 Å². The van der Waals surface area contributed by atoms with Gasteiger partial charge in [-0.15, -0.1) is 0 Å². The number of aryl methyl sites for hydroxylation is 2. The highest BCUT2D eigenvalue weighted by Gasteiger charge is 2.29. The molecule has 0 spiro atoms. The smallest absolute Gasteiger partial charge is 0.258 e. The summed E-state index contributed by atoms with van der Waals surface area (Å²) in [6.07, 6.45) is 3.59. The Kier molecular flexibility index (Phi) is 6.62. The summed E-state index contributed by atoms with van der Waals surface area (Å²) in [5, 5.41) is 3.90. The molecule has 170 valence electrons. The molecule has 1 aliphatic carbocycles. The van der Waals surface area contributed by atoms with Crippen molar-refractivity contribution < 1.29 is 13.9 Å². The van der Waals surface area contributed by atoms with Gasteiger partial charge in [-0.1, -0.05) is 18.0 Å². The van der Waals surface area contributed by atoms with Crippen molar-refractivity contribution >= 4 is 23.1 Å².